The number of aliphatic hydroxyl groups is 1. The third-order valence-corrected chi connectivity index (χ3v) is 3.30. The minimum absolute atomic E-state index is 0.0270. The van der Waals surface area contributed by atoms with Crippen molar-refractivity contribution in [3.63, 3.8) is 0 Å². The number of carbonyl (C=O) groups excluding carboxylic acids is 1. The maximum Gasteiger partial charge on any atom is 0.272 e. The summed E-state index contributed by atoms with van der Waals surface area (Å²) < 4.78 is 0. The summed E-state index contributed by atoms with van der Waals surface area (Å²) >= 11 is 0. The Kier molecular flexibility index (Phi) is 4.85. The predicted octanol–water partition coefficient (Wildman–Crippen LogP) is 2.37. The fraction of sp³-hybridized carbons (Fsp3) is 0.188. The third kappa shape index (κ3) is 3.67. The monoisotopic (exact) mass is 300 g/mol. The van der Waals surface area contributed by atoms with Gasteiger partial charge in [-0.05, 0) is 24.6 Å². The van der Waals surface area contributed by atoms with E-state index < -0.39 is 11.0 Å². The van der Waals surface area contributed by atoms with E-state index in [0.29, 0.717) is 16.7 Å². The van der Waals surface area contributed by atoms with Gasteiger partial charge in [0.05, 0.1) is 11.0 Å². The van der Waals surface area contributed by atoms with Crippen LogP contribution in [0.1, 0.15) is 27.6 Å². The fourth-order valence-corrected chi connectivity index (χ4v) is 2.09. The molecule has 2 aromatic rings. The van der Waals surface area contributed by atoms with Crippen LogP contribution in [-0.4, -0.2) is 22.5 Å². The van der Waals surface area contributed by atoms with Crippen LogP contribution >= 0.6 is 0 Å². The number of aliphatic hydroxyl groups excluding tert-OH is 1. The molecule has 22 heavy (non-hydrogen) atoms. The van der Waals surface area contributed by atoms with Gasteiger partial charge in [0.2, 0.25) is 0 Å². The molecular formula is C16H16N2O4. The van der Waals surface area contributed by atoms with Gasteiger partial charge in [0, 0.05) is 23.7 Å². The van der Waals surface area contributed by atoms with Gasteiger partial charge in [0.15, 0.2) is 0 Å². The smallest absolute Gasteiger partial charge is 0.272 e. The van der Waals surface area contributed by atoms with Gasteiger partial charge >= 0.3 is 0 Å². The van der Waals surface area contributed by atoms with Gasteiger partial charge in [-0.3, -0.25) is 14.9 Å². The van der Waals surface area contributed by atoms with Gasteiger partial charge in [-0.2, -0.15) is 0 Å². The van der Waals surface area contributed by atoms with Crippen LogP contribution < -0.4 is 5.32 Å². The number of amides is 1. The highest BCUT2D eigenvalue weighted by Gasteiger charge is 2.15. The zero-order valence-corrected chi connectivity index (χ0v) is 12.0. The Balaban J connectivity index is 2.01. The van der Waals surface area contributed by atoms with E-state index >= 15 is 0 Å². The van der Waals surface area contributed by atoms with Crippen LogP contribution in [0.15, 0.2) is 48.5 Å². The lowest BCUT2D eigenvalue weighted by molar-refractivity contribution is -0.385. The average molecular weight is 300 g/mol. The van der Waals surface area contributed by atoms with Gasteiger partial charge < -0.3 is 10.4 Å². The highest BCUT2D eigenvalue weighted by Crippen LogP contribution is 2.19. The van der Waals surface area contributed by atoms with Gasteiger partial charge in [0.1, 0.15) is 0 Å². The Morgan fingerprint density at radius 1 is 1.27 bits per heavy atom. The first-order chi connectivity index (χ1) is 10.5. The lowest BCUT2D eigenvalue weighted by Gasteiger charge is -2.12. The third-order valence-electron chi connectivity index (χ3n) is 3.30. The van der Waals surface area contributed by atoms with Gasteiger partial charge in [-0.15, -0.1) is 0 Å². The Morgan fingerprint density at radius 2 is 1.95 bits per heavy atom. The predicted molar refractivity (Wildman–Crippen MR) is 81.6 cm³/mol. The summed E-state index contributed by atoms with van der Waals surface area (Å²) in [6, 6.07) is 13.2. The number of nitrogens with one attached hydrogen (secondary N) is 1. The zero-order valence-electron chi connectivity index (χ0n) is 12.0. The number of carbonyl (C=O) groups is 1. The molecule has 0 aliphatic heterocycles. The van der Waals surface area contributed by atoms with Crippen LogP contribution in [0.4, 0.5) is 5.69 Å². The van der Waals surface area contributed by atoms with Crippen LogP contribution in [0.5, 0.6) is 0 Å². The van der Waals surface area contributed by atoms with Crippen LogP contribution in [-0.2, 0) is 0 Å². The maximum absolute atomic E-state index is 12.0. The molecule has 0 bridgehead atoms. The molecular weight excluding hydrogens is 284 g/mol. The second-order valence-corrected chi connectivity index (χ2v) is 4.89. The molecule has 1 atom stereocenters. The van der Waals surface area contributed by atoms with E-state index in [1.807, 2.05) is 6.07 Å². The van der Waals surface area contributed by atoms with Crippen molar-refractivity contribution in [1.82, 2.24) is 5.32 Å². The quantitative estimate of drug-likeness (QED) is 0.655. The minimum atomic E-state index is -0.802. The molecule has 0 heterocycles. The highest BCUT2D eigenvalue weighted by molar-refractivity contribution is 5.94. The van der Waals surface area contributed by atoms with Crippen LogP contribution in [0.3, 0.4) is 0 Å². The molecule has 2 rings (SSSR count). The Hall–Kier alpha value is -2.73. The first-order valence-electron chi connectivity index (χ1n) is 6.75. The van der Waals surface area contributed by atoms with E-state index in [4.69, 9.17) is 0 Å². The molecule has 0 saturated heterocycles. The zero-order chi connectivity index (χ0) is 16.1. The van der Waals surface area contributed by atoms with E-state index in [9.17, 15) is 20.0 Å². The van der Waals surface area contributed by atoms with Gasteiger partial charge in [-0.1, -0.05) is 30.3 Å². The molecule has 2 N–H and O–H groups in total. The Labute approximate surface area is 127 Å². The molecule has 0 radical (unpaired) electrons. The summed E-state index contributed by atoms with van der Waals surface area (Å²) in [5, 5.41) is 23.3. The lowest BCUT2D eigenvalue weighted by Crippen LogP contribution is -2.28. The summed E-state index contributed by atoms with van der Waals surface area (Å²) in [5.74, 6) is -0.382. The van der Waals surface area contributed by atoms with Gasteiger partial charge in [-0.25, -0.2) is 0 Å². The molecule has 2 aromatic carbocycles. The van der Waals surface area contributed by atoms with Crippen LogP contribution in [0, 0.1) is 17.0 Å². The fourth-order valence-electron chi connectivity index (χ4n) is 2.09. The molecule has 1 amide bonds. The first kappa shape index (κ1) is 15.7. The van der Waals surface area contributed by atoms with Crippen molar-refractivity contribution < 1.29 is 14.8 Å². The van der Waals surface area contributed by atoms with Crippen LogP contribution in [0.2, 0.25) is 0 Å². The molecule has 0 aliphatic rings. The number of benzene rings is 2. The van der Waals surface area contributed by atoms with E-state index in [2.05, 4.69) is 5.32 Å². The largest absolute Gasteiger partial charge is 0.387 e. The number of hydrogen-bond donors (Lipinski definition) is 2. The second-order valence-electron chi connectivity index (χ2n) is 4.89. The highest BCUT2D eigenvalue weighted by atomic mass is 16.6. The molecule has 0 fully saturated rings. The van der Waals surface area contributed by atoms with Crippen molar-refractivity contribution in [1.29, 1.82) is 0 Å². The molecule has 0 aliphatic carbocycles. The lowest BCUT2D eigenvalue weighted by atomic mass is 10.1. The molecule has 0 aromatic heterocycles. The topological polar surface area (TPSA) is 92.5 Å². The molecule has 0 spiro atoms. The second kappa shape index (κ2) is 6.82. The van der Waals surface area contributed by atoms with E-state index in [0.717, 1.165) is 0 Å². The summed E-state index contributed by atoms with van der Waals surface area (Å²) in [6.45, 7) is 1.65. The van der Waals surface area contributed by atoms with Gasteiger partial charge in [0.25, 0.3) is 11.6 Å². The number of hydrogen-bond acceptors (Lipinski definition) is 4. The van der Waals surface area contributed by atoms with Crippen LogP contribution in [0.25, 0.3) is 0 Å². The van der Waals surface area contributed by atoms with Crippen molar-refractivity contribution >= 4 is 11.6 Å². The summed E-state index contributed by atoms with van der Waals surface area (Å²) in [4.78, 5) is 22.3. The first-order valence-corrected chi connectivity index (χ1v) is 6.75. The Bertz CT molecular complexity index is 686. The summed E-state index contributed by atoms with van der Waals surface area (Å²) in [5.41, 5.74) is 1.42. The van der Waals surface area contributed by atoms with E-state index in [1.54, 1.807) is 31.2 Å². The minimum Gasteiger partial charge on any atom is -0.387 e. The number of nitro benzene ring substituents is 1. The number of nitrogens with zero attached hydrogens (tertiary/aromatic N) is 1. The van der Waals surface area contributed by atoms with Crippen molar-refractivity contribution in [3.8, 4) is 0 Å². The summed E-state index contributed by atoms with van der Waals surface area (Å²) in [7, 11) is 0. The van der Waals surface area contributed by atoms with E-state index in [-0.39, 0.29) is 18.1 Å². The molecule has 6 nitrogen and oxygen atoms in total. The van der Waals surface area contributed by atoms with Crippen molar-refractivity contribution in [3.05, 3.63) is 75.3 Å². The van der Waals surface area contributed by atoms with Crippen molar-refractivity contribution in [2.45, 2.75) is 13.0 Å². The maximum atomic E-state index is 12.0. The standard InChI is InChI=1S/C16H16N2O4/c1-11-9-13(7-8-14(11)18(21)22)16(20)17-10-15(19)12-5-3-2-4-6-12/h2-9,15,19H,10H2,1H3,(H,17,20)/t15-/m1/s1. The number of nitro groups is 1. The number of rotatable bonds is 5. The van der Waals surface area contributed by atoms with Crippen molar-refractivity contribution in [2.24, 2.45) is 0 Å². The molecule has 6 heteroatoms. The number of aryl methyl sites for hydroxylation is 1. The Morgan fingerprint density at radius 3 is 2.55 bits per heavy atom. The average Bonchev–Trinajstić information content (AvgIpc) is 2.52. The molecule has 0 saturated carbocycles. The van der Waals surface area contributed by atoms with Crippen molar-refractivity contribution in [2.75, 3.05) is 6.54 Å². The molecule has 114 valence electrons. The summed E-state index contributed by atoms with van der Waals surface area (Å²) in [6.07, 6.45) is -0.802. The van der Waals surface area contributed by atoms with E-state index in [1.165, 1.54) is 18.2 Å². The SMILES string of the molecule is Cc1cc(C(=O)NC[C@@H](O)c2ccccc2)ccc1[N+](=O)[O-]. The normalized spacial score (nSPS) is 11.7. The molecule has 0 unspecified atom stereocenters.